The minimum absolute atomic E-state index is 0.290. The van der Waals surface area contributed by atoms with Crippen LogP contribution in [0.4, 0.5) is 0 Å². The van der Waals surface area contributed by atoms with Crippen LogP contribution in [0, 0.1) is 5.92 Å². The second-order valence-electron chi connectivity index (χ2n) is 3.30. The molecule has 4 nitrogen and oxygen atoms in total. The predicted octanol–water partition coefficient (Wildman–Crippen LogP) is 0.245. The van der Waals surface area contributed by atoms with Crippen LogP contribution in [0.2, 0.25) is 0 Å². The van der Waals surface area contributed by atoms with Crippen molar-refractivity contribution in [3.63, 3.8) is 0 Å². The van der Waals surface area contributed by atoms with Gasteiger partial charge in [0.2, 0.25) is 0 Å². The van der Waals surface area contributed by atoms with Gasteiger partial charge in [-0.05, 0) is 20.3 Å². The van der Waals surface area contributed by atoms with Gasteiger partial charge in [0.25, 0.3) is 0 Å². The van der Waals surface area contributed by atoms with Crippen LogP contribution in [-0.4, -0.2) is 34.5 Å². The average Bonchev–Trinajstić information content (AvgIpc) is 2.30. The molecule has 0 aromatic heterocycles. The van der Waals surface area contributed by atoms with Crippen LogP contribution in [0.15, 0.2) is 0 Å². The van der Waals surface area contributed by atoms with Crippen molar-refractivity contribution in [2.75, 3.05) is 0 Å². The van der Waals surface area contributed by atoms with Gasteiger partial charge in [0.05, 0.1) is 24.2 Å². The number of hydrogen-bond acceptors (Lipinski definition) is 3. The minimum Gasteiger partial charge on any atom is -0.481 e. The van der Waals surface area contributed by atoms with Crippen molar-refractivity contribution in [1.29, 1.82) is 0 Å². The molecule has 0 aromatic rings. The molecule has 12 heavy (non-hydrogen) atoms. The molecule has 0 radical (unpaired) electrons. The summed E-state index contributed by atoms with van der Waals surface area (Å²) < 4.78 is 5.27. The molecule has 4 atom stereocenters. The zero-order chi connectivity index (χ0) is 9.30. The van der Waals surface area contributed by atoms with Crippen LogP contribution in [-0.2, 0) is 9.53 Å². The first-order valence-electron chi connectivity index (χ1n) is 4.08. The largest absolute Gasteiger partial charge is 0.481 e. The summed E-state index contributed by atoms with van der Waals surface area (Å²) in [5, 5.41) is 17.9. The van der Waals surface area contributed by atoms with Crippen LogP contribution in [0.1, 0.15) is 20.3 Å². The van der Waals surface area contributed by atoms with E-state index >= 15 is 0 Å². The Kier molecular flexibility index (Phi) is 2.69. The first-order valence-corrected chi connectivity index (χ1v) is 4.08. The van der Waals surface area contributed by atoms with E-state index in [9.17, 15) is 4.79 Å². The molecule has 1 heterocycles. The van der Waals surface area contributed by atoms with E-state index in [-0.39, 0.29) is 12.2 Å². The number of aliphatic hydroxyl groups excluding tert-OH is 1. The van der Waals surface area contributed by atoms with Gasteiger partial charge in [-0.2, -0.15) is 0 Å². The highest BCUT2D eigenvalue weighted by molar-refractivity contribution is 5.71. The average molecular weight is 174 g/mol. The summed E-state index contributed by atoms with van der Waals surface area (Å²) in [6, 6.07) is 0. The minimum atomic E-state index is -0.842. The van der Waals surface area contributed by atoms with Gasteiger partial charge in [0.15, 0.2) is 0 Å². The highest BCUT2D eigenvalue weighted by Gasteiger charge is 2.38. The molecule has 4 heteroatoms. The fourth-order valence-corrected chi connectivity index (χ4v) is 1.48. The summed E-state index contributed by atoms with van der Waals surface area (Å²) in [7, 11) is 0. The molecule has 1 fully saturated rings. The van der Waals surface area contributed by atoms with Gasteiger partial charge >= 0.3 is 5.97 Å². The number of ether oxygens (including phenoxy) is 1. The summed E-state index contributed by atoms with van der Waals surface area (Å²) in [4.78, 5) is 10.6. The van der Waals surface area contributed by atoms with E-state index in [1.54, 1.807) is 13.8 Å². The molecule has 0 aromatic carbocycles. The predicted molar refractivity (Wildman–Crippen MR) is 41.8 cm³/mol. The van der Waals surface area contributed by atoms with Gasteiger partial charge in [-0.3, -0.25) is 4.79 Å². The van der Waals surface area contributed by atoms with Crippen molar-refractivity contribution in [3.05, 3.63) is 0 Å². The first kappa shape index (κ1) is 9.48. The second kappa shape index (κ2) is 3.41. The Labute approximate surface area is 71.2 Å². The van der Waals surface area contributed by atoms with Crippen LogP contribution < -0.4 is 0 Å². The van der Waals surface area contributed by atoms with Gasteiger partial charge in [-0.15, -0.1) is 0 Å². The van der Waals surface area contributed by atoms with E-state index in [4.69, 9.17) is 14.9 Å². The Morgan fingerprint density at radius 1 is 1.67 bits per heavy atom. The lowest BCUT2D eigenvalue weighted by Gasteiger charge is -2.12. The molecule has 0 spiro atoms. The number of carbonyl (C=O) groups is 1. The number of carboxylic acid groups (broad SMARTS) is 1. The fourth-order valence-electron chi connectivity index (χ4n) is 1.48. The molecule has 0 amide bonds. The Hall–Kier alpha value is -0.610. The lowest BCUT2D eigenvalue weighted by molar-refractivity contribution is -0.143. The molecule has 0 bridgehead atoms. The highest BCUT2D eigenvalue weighted by Crippen LogP contribution is 2.28. The molecule has 0 unspecified atom stereocenters. The summed E-state index contributed by atoms with van der Waals surface area (Å²) in [6.07, 6.45) is -0.784. The van der Waals surface area contributed by atoms with E-state index in [1.165, 1.54) is 0 Å². The molecule has 1 saturated heterocycles. The maximum Gasteiger partial charge on any atom is 0.309 e. The number of aliphatic hydroxyl groups is 1. The van der Waals surface area contributed by atoms with Crippen molar-refractivity contribution in [3.8, 4) is 0 Å². The molecule has 2 N–H and O–H groups in total. The first-order chi connectivity index (χ1) is 5.52. The van der Waals surface area contributed by atoms with Gasteiger partial charge < -0.3 is 14.9 Å². The third-order valence-corrected chi connectivity index (χ3v) is 2.30. The molecule has 1 aliphatic heterocycles. The standard InChI is InChI=1S/C8H14O4/c1-4(9)7-3-6(8(10)11)5(2)12-7/h4-7,9H,3H2,1-2H3,(H,10,11)/t4-,5-,6+,7-/m0/s1. The Balaban J connectivity index is 2.56. The zero-order valence-electron chi connectivity index (χ0n) is 7.23. The van der Waals surface area contributed by atoms with Crippen molar-refractivity contribution in [1.82, 2.24) is 0 Å². The van der Waals surface area contributed by atoms with E-state index in [2.05, 4.69) is 0 Å². The SMILES string of the molecule is C[C@H](O)[C@@H]1C[C@@H](C(=O)O)[C@H](C)O1. The topological polar surface area (TPSA) is 66.8 Å². The maximum absolute atomic E-state index is 10.6. The zero-order valence-corrected chi connectivity index (χ0v) is 7.23. The van der Waals surface area contributed by atoms with Gasteiger partial charge in [0, 0.05) is 0 Å². The summed E-state index contributed by atoms with van der Waals surface area (Å²) in [5.74, 6) is -1.31. The third-order valence-electron chi connectivity index (χ3n) is 2.30. The van der Waals surface area contributed by atoms with E-state index in [0.717, 1.165) is 0 Å². The molecular weight excluding hydrogens is 160 g/mol. The summed E-state index contributed by atoms with van der Waals surface area (Å²) in [5.41, 5.74) is 0. The normalized spacial score (nSPS) is 38.1. The number of rotatable bonds is 2. The van der Waals surface area contributed by atoms with Gasteiger partial charge in [0.1, 0.15) is 0 Å². The maximum atomic E-state index is 10.6. The summed E-state index contributed by atoms with van der Waals surface area (Å²) in [6.45, 7) is 3.34. The van der Waals surface area contributed by atoms with Crippen LogP contribution in [0.25, 0.3) is 0 Å². The molecule has 1 rings (SSSR count). The van der Waals surface area contributed by atoms with Crippen LogP contribution in [0.3, 0.4) is 0 Å². The number of hydrogen-bond donors (Lipinski definition) is 2. The van der Waals surface area contributed by atoms with Gasteiger partial charge in [-0.25, -0.2) is 0 Å². The summed E-state index contributed by atoms with van der Waals surface area (Å²) >= 11 is 0. The molecule has 70 valence electrons. The van der Waals surface area contributed by atoms with Crippen molar-refractivity contribution >= 4 is 5.97 Å². The lowest BCUT2D eigenvalue weighted by Crippen LogP contribution is -2.22. The molecule has 0 aliphatic carbocycles. The van der Waals surface area contributed by atoms with E-state index in [1.807, 2.05) is 0 Å². The van der Waals surface area contributed by atoms with E-state index in [0.29, 0.717) is 6.42 Å². The smallest absolute Gasteiger partial charge is 0.309 e. The lowest BCUT2D eigenvalue weighted by atomic mass is 9.99. The quantitative estimate of drug-likeness (QED) is 0.629. The van der Waals surface area contributed by atoms with Crippen LogP contribution >= 0.6 is 0 Å². The van der Waals surface area contributed by atoms with Gasteiger partial charge in [-0.1, -0.05) is 0 Å². The fraction of sp³-hybridized carbons (Fsp3) is 0.875. The van der Waals surface area contributed by atoms with Crippen molar-refractivity contribution < 1.29 is 19.7 Å². The third kappa shape index (κ3) is 1.76. The Morgan fingerprint density at radius 2 is 2.25 bits per heavy atom. The number of carboxylic acids is 1. The Morgan fingerprint density at radius 3 is 2.50 bits per heavy atom. The van der Waals surface area contributed by atoms with Crippen LogP contribution in [0.5, 0.6) is 0 Å². The molecule has 0 saturated carbocycles. The molecule has 1 aliphatic rings. The number of aliphatic carboxylic acids is 1. The highest BCUT2D eigenvalue weighted by atomic mass is 16.5. The second-order valence-corrected chi connectivity index (χ2v) is 3.30. The molecular formula is C8H14O4. The van der Waals surface area contributed by atoms with E-state index < -0.39 is 18.0 Å². The monoisotopic (exact) mass is 174 g/mol. The Bertz CT molecular complexity index is 178. The van der Waals surface area contributed by atoms with Crippen molar-refractivity contribution in [2.45, 2.75) is 38.6 Å². The van der Waals surface area contributed by atoms with Crippen molar-refractivity contribution in [2.24, 2.45) is 5.92 Å².